The maximum atomic E-state index is 5.06. The van der Waals surface area contributed by atoms with Crippen LogP contribution in [0.15, 0.2) is 170 Å². The van der Waals surface area contributed by atoms with E-state index in [2.05, 4.69) is 168 Å². The first kappa shape index (κ1) is 27.1. The van der Waals surface area contributed by atoms with E-state index < -0.39 is 0 Å². The first-order chi connectivity index (χ1) is 23.8. The summed E-state index contributed by atoms with van der Waals surface area (Å²) in [5, 5.41) is 7.69. The Morgan fingerprint density at radius 2 is 0.938 bits per heavy atom. The summed E-state index contributed by atoms with van der Waals surface area (Å²) in [6.07, 6.45) is 0. The van der Waals surface area contributed by atoms with Crippen LogP contribution < -0.4 is 0 Å². The van der Waals surface area contributed by atoms with Gasteiger partial charge in [0.2, 0.25) is 0 Å². The molecule has 0 N–H and O–H groups in total. The lowest BCUT2D eigenvalue weighted by molar-refractivity contribution is 1.10. The predicted molar refractivity (Wildman–Crippen MR) is 205 cm³/mol. The number of benzene rings is 8. The van der Waals surface area contributed by atoms with Gasteiger partial charge in [-0.1, -0.05) is 127 Å². The van der Waals surface area contributed by atoms with Gasteiger partial charge in [-0.15, -0.1) is 11.3 Å². The Bertz CT molecular complexity index is 2770. The second-order valence-electron chi connectivity index (χ2n) is 12.3. The third-order valence-electron chi connectivity index (χ3n) is 9.60. The summed E-state index contributed by atoms with van der Waals surface area (Å²) in [6.45, 7) is 0. The Morgan fingerprint density at radius 3 is 1.65 bits per heavy atom. The molecule has 0 unspecified atom stereocenters. The molecule has 2 aromatic heterocycles. The van der Waals surface area contributed by atoms with E-state index in [0.717, 1.165) is 28.1 Å². The molecule has 0 fully saturated rings. The fraction of sp³-hybridized carbons (Fsp3) is 0. The Labute approximate surface area is 281 Å². The lowest BCUT2D eigenvalue weighted by Crippen LogP contribution is -1.97. The highest BCUT2D eigenvalue weighted by molar-refractivity contribution is 7.25. The van der Waals surface area contributed by atoms with E-state index in [1.807, 2.05) is 17.4 Å². The molecular weight excluding hydrogens is 601 g/mol. The normalized spacial score (nSPS) is 11.8. The molecule has 0 saturated heterocycles. The minimum Gasteiger partial charge on any atom is -0.292 e. The summed E-state index contributed by atoms with van der Waals surface area (Å²) in [6, 6.07) is 61.4. The Hall–Kier alpha value is -6.03. The molecule has 2 heterocycles. The van der Waals surface area contributed by atoms with Gasteiger partial charge in [-0.3, -0.25) is 4.57 Å². The van der Waals surface area contributed by atoms with Crippen molar-refractivity contribution in [2.75, 3.05) is 0 Å². The lowest BCUT2D eigenvalue weighted by atomic mass is 9.85. The van der Waals surface area contributed by atoms with Gasteiger partial charge in [0.25, 0.3) is 0 Å². The first-order valence-electron chi connectivity index (χ1n) is 16.3. The number of para-hydroxylation sites is 2. The Kier molecular flexibility index (Phi) is 6.08. The van der Waals surface area contributed by atoms with Crippen LogP contribution in [0.5, 0.6) is 0 Å². The van der Waals surface area contributed by atoms with Gasteiger partial charge in [0, 0.05) is 31.4 Å². The van der Waals surface area contributed by atoms with Gasteiger partial charge in [-0.2, -0.15) is 0 Å². The fourth-order valence-electron chi connectivity index (χ4n) is 7.48. The quantitative estimate of drug-likeness (QED) is 0.177. The van der Waals surface area contributed by atoms with Gasteiger partial charge < -0.3 is 0 Å². The van der Waals surface area contributed by atoms with E-state index in [1.54, 1.807) is 0 Å². The summed E-state index contributed by atoms with van der Waals surface area (Å²) >= 11 is 1.87. The number of thiophene rings is 1. The average Bonchev–Trinajstić information content (AvgIpc) is 3.73. The summed E-state index contributed by atoms with van der Waals surface area (Å²) < 4.78 is 4.93. The highest BCUT2D eigenvalue weighted by Crippen LogP contribution is 2.45. The van der Waals surface area contributed by atoms with E-state index >= 15 is 0 Å². The van der Waals surface area contributed by atoms with Gasteiger partial charge in [-0.25, -0.2) is 4.98 Å². The largest absolute Gasteiger partial charge is 0.292 e. The summed E-state index contributed by atoms with van der Waals surface area (Å²) in [5.74, 6) is 0.945. The monoisotopic (exact) mass is 628 g/mol. The van der Waals surface area contributed by atoms with Gasteiger partial charge in [-0.05, 0) is 86.3 Å². The van der Waals surface area contributed by atoms with E-state index in [4.69, 9.17) is 4.98 Å². The maximum Gasteiger partial charge on any atom is 0.145 e. The van der Waals surface area contributed by atoms with E-state index in [0.29, 0.717) is 0 Å². The third kappa shape index (κ3) is 4.15. The van der Waals surface area contributed by atoms with Gasteiger partial charge >= 0.3 is 0 Å². The highest BCUT2D eigenvalue weighted by Gasteiger charge is 2.19. The molecule has 8 aromatic carbocycles. The minimum absolute atomic E-state index is 0.945. The van der Waals surface area contributed by atoms with Crippen molar-refractivity contribution < 1.29 is 0 Å². The minimum atomic E-state index is 0.945. The number of hydrogen-bond donors (Lipinski definition) is 0. The van der Waals surface area contributed by atoms with Crippen LogP contribution in [0.25, 0.3) is 92.1 Å². The predicted octanol–water partition coefficient (Wildman–Crippen LogP) is 12.7. The molecule has 48 heavy (non-hydrogen) atoms. The smallest absolute Gasteiger partial charge is 0.145 e. The molecule has 0 aliphatic carbocycles. The van der Waals surface area contributed by atoms with Gasteiger partial charge in [0.1, 0.15) is 5.82 Å². The number of nitrogens with zero attached hydrogens (tertiary/aromatic N) is 2. The zero-order valence-electron chi connectivity index (χ0n) is 26.0. The van der Waals surface area contributed by atoms with Crippen LogP contribution in [0.4, 0.5) is 0 Å². The number of aromatic nitrogens is 2. The van der Waals surface area contributed by atoms with Gasteiger partial charge in [0.05, 0.1) is 11.0 Å². The zero-order chi connectivity index (χ0) is 31.6. The number of hydrogen-bond acceptors (Lipinski definition) is 2. The standard InChI is InChI=1S/C45H28N2S/c1-2-12-30(13-3-1)45-46-39-19-9-10-20-40(39)47(45)32-25-22-29(23-26-32)43-34-15-4-6-17-36(34)44(37-18-7-5-16-35(37)43)31-24-27-42-38(28-31)33-14-8-11-21-41(33)48-42/h1-28H. The second kappa shape index (κ2) is 10.8. The maximum absolute atomic E-state index is 5.06. The molecule has 2 nitrogen and oxygen atoms in total. The van der Waals surface area contributed by atoms with Crippen LogP contribution in [0.2, 0.25) is 0 Å². The van der Waals surface area contributed by atoms with Crippen molar-refractivity contribution in [3.8, 4) is 39.3 Å². The van der Waals surface area contributed by atoms with Crippen molar-refractivity contribution in [1.82, 2.24) is 9.55 Å². The molecule has 0 spiro atoms. The molecular formula is C45H28N2S. The molecule has 0 aliphatic heterocycles. The van der Waals surface area contributed by atoms with Crippen LogP contribution in [-0.4, -0.2) is 9.55 Å². The number of rotatable bonds is 4. The van der Waals surface area contributed by atoms with E-state index in [1.165, 1.54) is 64.0 Å². The highest BCUT2D eigenvalue weighted by atomic mass is 32.1. The van der Waals surface area contributed by atoms with Crippen molar-refractivity contribution >= 4 is 64.1 Å². The average molecular weight is 629 g/mol. The summed E-state index contributed by atoms with van der Waals surface area (Å²) in [4.78, 5) is 5.06. The number of fused-ring (bicyclic) bond motifs is 6. The second-order valence-corrected chi connectivity index (χ2v) is 13.4. The zero-order valence-corrected chi connectivity index (χ0v) is 26.8. The van der Waals surface area contributed by atoms with E-state index in [9.17, 15) is 0 Å². The van der Waals surface area contributed by atoms with Crippen molar-refractivity contribution in [2.45, 2.75) is 0 Å². The molecule has 224 valence electrons. The molecule has 3 heteroatoms. The summed E-state index contributed by atoms with van der Waals surface area (Å²) in [5.41, 5.74) is 9.27. The van der Waals surface area contributed by atoms with Crippen LogP contribution in [0, 0.1) is 0 Å². The van der Waals surface area contributed by atoms with Crippen LogP contribution in [-0.2, 0) is 0 Å². The van der Waals surface area contributed by atoms with Crippen molar-refractivity contribution in [2.24, 2.45) is 0 Å². The Morgan fingerprint density at radius 1 is 0.396 bits per heavy atom. The van der Waals surface area contributed by atoms with Crippen molar-refractivity contribution in [3.05, 3.63) is 170 Å². The van der Waals surface area contributed by atoms with Crippen LogP contribution >= 0.6 is 11.3 Å². The van der Waals surface area contributed by atoms with Crippen LogP contribution in [0.3, 0.4) is 0 Å². The third-order valence-corrected chi connectivity index (χ3v) is 10.8. The topological polar surface area (TPSA) is 17.8 Å². The van der Waals surface area contributed by atoms with Crippen LogP contribution in [0.1, 0.15) is 0 Å². The molecule has 0 atom stereocenters. The Balaban J connectivity index is 1.18. The van der Waals surface area contributed by atoms with Crippen molar-refractivity contribution in [1.29, 1.82) is 0 Å². The molecule has 0 radical (unpaired) electrons. The fourth-order valence-corrected chi connectivity index (χ4v) is 8.56. The van der Waals surface area contributed by atoms with E-state index in [-0.39, 0.29) is 0 Å². The molecule has 10 rings (SSSR count). The van der Waals surface area contributed by atoms with Gasteiger partial charge in [0.15, 0.2) is 0 Å². The SMILES string of the molecule is c1ccc(-c2nc3ccccc3n2-c2ccc(-c3c4ccccc4c(-c4ccc5sc6ccccc6c5c4)c4ccccc34)cc2)cc1. The molecule has 0 saturated carbocycles. The molecule has 0 amide bonds. The molecule has 0 aliphatic rings. The van der Waals surface area contributed by atoms with Crippen molar-refractivity contribution in [3.63, 3.8) is 0 Å². The lowest BCUT2D eigenvalue weighted by Gasteiger charge is -2.18. The first-order valence-corrected chi connectivity index (χ1v) is 17.1. The molecule has 10 aromatic rings. The number of imidazole rings is 1. The summed E-state index contributed by atoms with van der Waals surface area (Å²) in [7, 11) is 0. The molecule has 0 bridgehead atoms.